The molecule has 1 atom stereocenters. The van der Waals surface area contributed by atoms with Crippen molar-refractivity contribution in [3.63, 3.8) is 0 Å². The summed E-state index contributed by atoms with van der Waals surface area (Å²) < 4.78 is 13.6. The van der Waals surface area contributed by atoms with E-state index in [1.807, 2.05) is 12.5 Å². The first-order valence-electron chi connectivity index (χ1n) is 7.90. The molecule has 0 aromatic carbocycles. The predicted octanol–water partition coefficient (Wildman–Crippen LogP) is 0.343. The summed E-state index contributed by atoms with van der Waals surface area (Å²) in [4.78, 5) is 9.16. The van der Waals surface area contributed by atoms with Crippen molar-refractivity contribution in [2.75, 3.05) is 52.5 Å². The Labute approximate surface area is 126 Å². The zero-order valence-corrected chi connectivity index (χ0v) is 12.9. The average molecular weight is 294 g/mol. The highest BCUT2D eigenvalue weighted by molar-refractivity contribution is 4.97. The fraction of sp³-hybridized carbons (Fsp3) is 0.800. The Morgan fingerprint density at radius 1 is 1.19 bits per heavy atom. The van der Waals surface area contributed by atoms with Gasteiger partial charge in [-0.2, -0.15) is 0 Å². The molecule has 0 amide bonds. The monoisotopic (exact) mass is 294 g/mol. The Hall–Kier alpha value is -0.950. The second kappa shape index (κ2) is 7.35. The van der Waals surface area contributed by atoms with Crippen molar-refractivity contribution in [2.24, 2.45) is 7.05 Å². The van der Waals surface area contributed by atoms with Gasteiger partial charge in [-0.25, -0.2) is 4.98 Å². The van der Waals surface area contributed by atoms with E-state index in [-0.39, 0.29) is 0 Å². The molecule has 0 radical (unpaired) electrons. The topological polar surface area (TPSA) is 42.8 Å². The Morgan fingerprint density at radius 2 is 2.05 bits per heavy atom. The molecule has 118 valence electrons. The molecule has 3 rings (SSSR count). The number of aromatic nitrogens is 2. The van der Waals surface area contributed by atoms with Gasteiger partial charge < -0.3 is 14.0 Å². The van der Waals surface area contributed by atoms with Crippen LogP contribution in [0.15, 0.2) is 12.5 Å². The molecule has 3 heterocycles. The van der Waals surface area contributed by atoms with Crippen LogP contribution < -0.4 is 0 Å². The summed E-state index contributed by atoms with van der Waals surface area (Å²) in [6.45, 7) is 8.72. The molecule has 6 heteroatoms. The zero-order valence-electron chi connectivity index (χ0n) is 12.9. The molecule has 0 aliphatic carbocycles. The zero-order chi connectivity index (χ0) is 14.5. The maximum atomic E-state index is 6.04. The number of morpholine rings is 1. The standard InChI is InChI=1S/C15H26N4O2/c1-17-13-16-9-14(17)10-19-3-2-6-21-15(12-19)11-18-4-7-20-8-5-18/h9,13,15H,2-8,10-12H2,1H3/t15-/m1/s1. The largest absolute Gasteiger partial charge is 0.379 e. The van der Waals surface area contributed by atoms with Gasteiger partial charge in [0.15, 0.2) is 0 Å². The molecule has 2 aliphatic rings. The molecule has 1 aromatic rings. The molecule has 6 nitrogen and oxygen atoms in total. The van der Waals surface area contributed by atoms with Crippen molar-refractivity contribution >= 4 is 0 Å². The Bertz CT molecular complexity index is 431. The maximum Gasteiger partial charge on any atom is 0.0945 e. The Kier molecular flexibility index (Phi) is 5.24. The van der Waals surface area contributed by atoms with Crippen molar-refractivity contribution in [1.82, 2.24) is 19.4 Å². The van der Waals surface area contributed by atoms with E-state index < -0.39 is 0 Å². The molecule has 1 aromatic heterocycles. The van der Waals surface area contributed by atoms with Gasteiger partial charge in [-0.3, -0.25) is 9.80 Å². The summed E-state index contributed by atoms with van der Waals surface area (Å²) in [5.41, 5.74) is 1.27. The van der Waals surface area contributed by atoms with Gasteiger partial charge in [0.2, 0.25) is 0 Å². The van der Waals surface area contributed by atoms with Crippen LogP contribution in [0.4, 0.5) is 0 Å². The van der Waals surface area contributed by atoms with Gasteiger partial charge in [0.05, 0.1) is 31.3 Å². The van der Waals surface area contributed by atoms with Crippen LogP contribution in [0.5, 0.6) is 0 Å². The SMILES string of the molecule is Cn1cncc1CN1CCCO[C@H](CN2CCOCC2)C1. The average Bonchev–Trinajstić information content (AvgIpc) is 2.76. The van der Waals surface area contributed by atoms with E-state index in [1.54, 1.807) is 0 Å². The molecule has 0 unspecified atom stereocenters. The molecule has 21 heavy (non-hydrogen) atoms. The highest BCUT2D eigenvalue weighted by Gasteiger charge is 2.22. The van der Waals surface area contributed by atoms with Gasteiger partial charge >= 0.3 is 0 Å². The van der Waals surface area contributed by atoms with Crippen molar-refractivity contribution < 1.29 is 9.47 Å². The molecule has 0 bridgehead atoms. The van der Waals surface area contributed by atoms with Crippen LogP contribution in [0, 0.1) is 0 Å². The van der Waals surface area contributed by atoms with Crippen molar-refractivity contribution in [3.05, 3.63) is 18.2 Å². The predicted molar refractivity (Wildman–Crippen MR) is 80.1 cm³/mol. The third-order valence-corrected chi connectivity index (χ3v) is 4.30. The fourth-order valence-corrected chi connectivity index (χ4v) is 3.06. The molecule has 2 fully saturated rings. The second-order valence-corrected chi connectivity index (χ2v) is 5.99. The summed E-state index contributed by atoms with van der Waals surface area (Å²) in [6.07, 6.45) is 5.24. The van der Waals surface area contributed by atoms with Crippen molar-refractivity contribution in [2.45, 2.75) is 19.1 Å². The lowest BCUT2D eigenvalue weighted by Crippen LogP contribution is -2.44. The first kappa shape index (κ1) is 15.0. The number of imidazole rings is 1. The smallest absolute Gasteiger partial charge is 0.0945 e. The molecular formula is C15H26N4O2. The number of hydrogen-bond donors (Lipinski definition) is 0. The number of aryl methyl sites for hydroxylation is 1. The highest BCUT2D eigenvalue weighted by atomic mass is 16.5. The van der Waals surface area contributed by atoms with E-state index in [4.69, 9.17) is 9.47 Å². The van der Waals surface area contributed by atoms with Crippen molar-refractivity contribution in [3.8, 4) is 0 Å². The van der Waals surface area contributed by atoms with E-state index >= 15 is 0 Å². The van der Waals surface area contributed by atoms with Crippen LogP contribution in [0.25, 0.3) is 0 Å². The van der Waals surface area contributed by atoms with Crippen LogP contribution >= 0.6 is 0 Å². The van der Waals surface area contributed by atoms with E-state index in [9.17, 15) is 0 Å². The van der Waals surface area contributed by atoms with Crippen LogP contribution in [0.2, 0.25) is 0 Å². The van der Waals surface area contributed by atoms with Crippen LogP contribution in [-0.4, -0.2) is 78.0 Å². The molecule has 2 aliphatic heterocycles. The number of hydrogen-bond acceptors (Lipinski definition) is 5. The first-order chi connectivity index (χ1) is 10.3. The molecule has 0 spiro atoms. The molecule has 2 saturated heterocycles. The summed E-state index contributed by atoms with van der Waals surface area (Å²) in [7, 11) is 2.06. The molecular weight excluding hydrogens is 268 g/mol. The minimum Gasteiger partial charge on any atom is -0.379 e. The van der Waals surface area contributed by atoms with Gasteiger partial charge in [-0.1, -0.05) is 0 Å². The minimum atomic E-state index is 0.304. The Balaban J connectivity index is 1.54. The second-order valence-electron chi connectivity index (χ2n) is 5.99. The quantitative estimate of drug-likeness (QED) is 0.801. The molecule has 0 N–H and O–H groups in total. The third-order valence-electron chi connectivity index (χ3n) is 4.30. The van der Waals surface area contributed by atoms with Crippen LogP contribution in [0.1, 0.15) is 12.1 Å². The van der Waals surface area contributed by atoms with Gasteiger partial charge in [-0.05, 0) is 6.42 Å². The van der Waals surface area contributed by atoms with Gasteiger partial charge in [0, 0.05) is 59.1 Å². The van der Waals surface area contributed by atoms with E-state index in [2.05, 4.69) is 26.4 Å². The summed E-state index contributed by atoms with van der Waals surface area (Å²) >= 11 is 0. The summed E-state index contributed by atoms with van der Waals surface area (Å²) in [6, 6.07) is 0. The van der Waals surface area contributed by atoms with E-state index in [1.165, 1.54) is 5.69 Å². The summed E-state index contributed by atoms with van der Waals surface area (Å²) in [5.74, 6) is 0. The first-order valence-corrected chi connectivity index (χ1v) is 7.90. The van der Waals surface area contributed by atoms with Crippen LogP contribution in [-0.2, 0) is 23.1 Å². The van der Waals surface area contributed by atoms with E-state index in [0.29, 0.717) is 6.10 Å². The summed E-state index contributed by atoms with van der Waals surface area (Å²) in [5, 5.41) is 0. The third kappa shape index (κ3) is 4.26. The van der Waals surface area contributed by atoms with Gasteiger partial charge in [-0.15, -0.1) is 0 Å². The van der Waals surface area contributed by atoms with Crippen LogP contribution in [0.3, 0.4) is 0 Å². The Morgan fingerprint density at radius 3 is 2.81 bits per heavy atom. The maximum absolute atomic E-state index is 6.04. The molecule has 0 saturated carbocycles. The number of rotatable bonds is 4. The highest BCUT2D eigenvalue weighted by Crippen LogP contribution is 2.12. The van der Waals surface area contributed by atoms with Gasteiger partial charge in [0.1, 0.15) is 0 Å². The number of ether oxygens (including phenoxy) is 2. The van der Waals surface area contributed by atoms with Gasteiger partial charge in [0.25, 0.3) is 0 Å². The minimum absolute atomic E-state index is 0.304. The lowest BCUT2D eigenvalue weighted by atomic mass is 10.2. The normalized spacial score (nSPS) is 25.9. The van der Waals surface area contributed by atoms with E-state index in [0.717, 1.165) is 65.5 Å². The lowest BCUT2D eigenvalue weighted by Gasteiger charge is -2.31. The lowest BCUT2D eigenvalue weighted by molar-refractivity contribution is -0.0123. The fourth-order valence-electron chi connectivity index (χ4n) is 3.06. The number of nitrogens with zero attached hydrogens (tertiary/aromatic N) is 4. The van der Waals surface area contributed by atoms with Crippen molar-refractivity contribution in [1.29, 1.82) is 0 Å².